The van der Waals surface area contributed by atoms with Gasteiger partial charge in [-0.05, 0) is 25.0 Å². The van der Waals surface area contributed by atoms with Gasteiger partial charge in [0.15, 0.2) is 0 Å². The molecule has 0 aliphatic heterocycles. The van der Waals surface area contributed by atoms with Gasteiger partial charge in [-0.2, -0.15) is 0 Å². The number of nitrogens with zero attached hydrogens (tertiary/aromatic N) is 2. The predicted molar refractivity (Wildman–Crippen MR) is 75.6 cm³/mol. The van der Waals surface area contributed by atoms with Crippen LogP contribution in [-0.2, 0) is 6.54 Å². The summed E-state index contributed by atoms with van der Waals surface area (Å²) in [4.78, 5) is 17.3. The third-order valence-corrected chi connectivity index (χ3v) is 3.87. The van der Waals surface area contributed by atoms with Gasteiger partial charge in [-0.1, -0.05) is 25.3 Å². The SMILES string of the molecule is O=C(O)c1cccc(CN(CCO)C2CCCCC2)n1. The van der Waals surface area contributed by atoms with Crippen LogP contribution in [0.4, 0.5) is 0 Å². The van der Waals surface area contributed by atoms with Crippen LogP contribution in [0.3, 0.4) is 0 Å². The van der Waals surface area contributed by atoms with Gasteiger partial charge >= 0.3 is 5.97 Å². The zero-order valence-corrected chi connectivity index (χ0v) is 11.7. The van der Waals surface area contributed by atoms with Crippen molar-refractivity contribution in [3.8, 4) is 0 Å². The largest absolute Gasteiger partial charge is 0.477 e. The molecule has 1 aliphatic carbocycles. The highest BCUT2D eigenvalue weighted by molar-refractivity contribution is 5.85. The van der Waals surface area contributed by atoms with E-state index < -0.39 is 5.97 Å². The lowest BCUT2D eigenvalue weighted by Gasteiger charge is -2.33. The summed E-state index contributed by atoms with van der Waals surface area (Å²) in [5.74, 6) is -1.00. The fourth-order valence-corrected chi connectivity index (χ4v) is 2.86. The molecule has 5 nitrogen and oxygen atoms in total. The van der Waals surface area contributed by atoms with Gasteiger partial charge in [0, 0.05) is 19.1 Å². The van der Waals surface area contributed by atoms with Crippen LogP contribution in [0.1, 0.15) is 48.3 Å². The molecule has 0 unspecified atom stereocenters. The maximum absolute atomic E-state index is 11.0. The zero-order chi connectivity index (χ0) is 14.4. The first-order valence-corrected chi connectivity index (χ1v) is 7.25. The molecule has 2 rings (SSSR count). The topological polar surface area (TPSA) is 73.7 Å². The van der Waals surface area contributed by atoms with Crippen LogP contribution < -0.4 is 0 Å². The molecule has 5 heteroatoms. The molecule has 0 spiro atoms. The Hall–Kier alpha value is -1.46. The summed E-state index contributed by atoms with van der Waals surface area (Å²) in [5, 5.41) is 18.2. The first-order valence-electron chi connectivity index (χ1n) is 7.25. The van der Waals surface area contributed by atoms with Crippen molar-refractivity contribution in [2.24, 2.45) is 0 Å². The molecular formula is C15H22N2O3. The number of aliphatic hydroxyl groups is 1. The average molecular weight is 278 g/mol. The number of carboxylic acid groups (broad SMARTS) is 1. The Labute approximate surface area is 119 Å². The Kier molecular flexibility index (Phi) is 5.49. The van der Waals surface area contributed by atoms with E-state index in [0.717, 1.165) is 18.5 Å². The Morgan fingerprint density at radius 2 is 2.05 bits per heavy atom. The summed E-state index contributed by atoms with van der Waals surface area (Å²) in [6.07, 6.45) is 6.05. The van der Waals surface area contributed by atoms with Gasteiger partial charge in [0.2, 0.25) is 0 Å². The Balaban J connectivity index is 2.06. The van der Waals surface area contributed by atoms with E-state index in [0.29, 0.717) is 19.1 Å². The molecule has 0 radical (unpaired) electrons. The number of carbonyl (C=O) groups is 1. The van der Waals surface area contributed by atoms with Crippen molar-refractivity contribution in [2.75, 3.05) is 13.2 Å². The highest BCUT2D eigenvalue weighted by Gasteiger charge is 2.21. The molecule has 1 aliphatic rings. The number of aromatic nitrogens is 1. The maximum Gasteiger partial charge on any atom is 0.354 e. The third kappa shape index (κ3) is 4.02. The minimum atomic E-state index is -1.00. The second-order valence-corrected chi connectivity index (χ2v) is 5.31. The van der Waals surface area contributed by atoms with Crippen LogP contribution in [0.2, 0.25) is 0 Å². The molecule has 0 saturated heterocycles. The van der Waals surface area contributed by atoms with Gasteiger partial charge in [-0.15, -0.1) is 0 Å². The fourth-order valence-electron chi connectivity index (χ4n) is 2.86. The molecule has 1 saturated carbocycles. The van der Waals surface area contributed by atoms with Gasteiger partial charge in [0.25, 0.3) is 0 Å². The van der Waals surface area contributed by atoms with Gasteiger partial charge < -0.3 is 10.2 Å². The monoisotopic (exact) mass is 278 g/mol. The summed E-state index contributed by atoms with van der Waals surface area (Å²) >= 11 is 0. The van der Waals surface area contributed by atoms with Crippen molar-refractivity contribution in [3.63, 3.8) is 0 Å². The van der Waals surface area contributed by atoms with Crippen molar-refractivity contribution in [2.45, 2.75) is 44.7 Å². The first-order chi connectivity index (χ1) is 9.70. The highest BCUT2D eigenvalue weighted by atomic mass is 16.4. The number of hydrogen-bond donors (Lipinski definition) is 2. The van der Waals surface area contributed by atoms with E-state index in [2.05, 4.69) is 9.88 Å². The van der Waals surface area contributed by atoms with Crippen molar-refractivity contribution in [3.05, 3.63) is 29.6 Å². The summed E-state index contributed by atoms with van der Waals surface area (Å²) in [5.41, 5.74) is 0.832. The second kappa shape index (κ2) is 7.36. The summed E-state index contributed by atoms with van der Waals surface area (Å²) in [6, 6.07) is 5.55. The molecular weight excluding hydrogens is 256 g/mol. The van der Waals surface area contributed by atoms with Crippen molar-refractivity contribution >= 4 is 5.97 Å². The molecule has 0 bridgehead atoms. The lowest BCUT2D eigenvalue weighted by Crippen LogP contribution is -2.38. The number of rotatable bonds is 6. The Morgan fingerprint density at radius 3 is 2.70 bits per heavy atom. The molecule has 1 fully saturated rings. The van der Waals surface area contributed by atoms with Crippen LogP contribution in [-0.4, -0.2) is 45.3 Å². The second-order valence-electron chi connectivity index (χ2n) is 5.31. The highest BCUT2D eigenvalue weighted by Crippen LogP contribution is 2.23. The molecule has 0 atom stereocenters. The fraction of sp³-hybridized carbons (Fsp3) is 0.600. The number of hydrogen-bond acceptors (Lipinski definition) is 4. The van der Waals surface area contributed by atoms with E-state index in [1.54, 1.807) is 6.07 Å². The molecule has 2 N–H and O–H groups in total. The standard InChI is InChI=1S/C15H22N2O3/c18-10-9-17(13-6-2-1-3-7-13)11-12-5-4-8-14(16-12)15(19)20/h4-5,8,13,18H,1-3,6-7,9-11H2,(H,19,20). The van der Waals surface area contributed by atoms with Crippen molar-refractivity contribution in [1.29, 1.82) is 0 Å². The van der Waals surface area contributed by atoms with Gasteiger partial charge in [-0.25, -0.2) is 9.78 Å². The molecule has 1 aromatic heterocycles. The number of aliphatic hydroxyl groups excluding tert-OH is 1. The number of carboxylic acids is 1. The first kappa shape index (κ1) is 14.9. The Bertz CT molecular complexity index is 444. The van der Waals surface area contributed by atoms with E-state index in [1.165, 1.54) is 25.3 Å². The summed E-state index contributed by atoms with van der Waals surface area (Å²) < 4.78 is 0. The van der Waals surface area contributed by atoms with E-state index in [-0.39, 0.29) is 12.3 Å². The quantitative estimate of drug-likeness (QED) is 0.831. The molecule has 1 heterocycles. The van der Waals surface area contributed by atoms with E-state index in [1.807, 2.05) is 6.07 Å². The van der Waals surface area contributed by atoms with Gasteiger partial charge in [-0.3, -0.25) is 4.90 Å². The molecule has 110 valence electrons. The average Bonchev–Trinajstić information content (AvgIpc) is 2.48. The van der Waals surface area contributed by atoms with Crippen molar-refractivity contribution in [1.82, 2.24) is 9.88 Å². The summed E-state index contributed by atoms with van der Waals surface area (Å²) in [6.45, 7) is 1.34. The van der Waals surface area contributed by atoms with Crippen LogP contribution in [0, 0.1) is 0 Å². The molecule has 1 aromatic rings. The number of aromatic carboxylic acids is 1. The van der Waals surface area contributed by atoms with Crippen LogP contribution in [0.5, 0.6) is 0 Å². The maximum atomic E-state index is 11.0. The Morgan fingerprint density at radius 1 is 1.30 bits per heavy atom. The van der Waals surface area contributed by atoms with E-state index in [4.69, 9.17) is 5.11 Å². The van der Waals surface area contributed by atoms with Crippen LogP contribution in [0.25, 0.3) is 0 Å². The predicted octanol–water partition coefficient (Wildman–Crippen LogP) is 1.91. The lowest BCUT2D eigenvalue weighted by atomic mass is 9.94. The minimum absolute atomic E-state index is 0.0788. The van der Waals surface area contributed by atoms with Gasteiger partial charge in [0.05, 0.1) is 12.3 Å². The number of pyridine rings is 1. The van der Waals surface area contributed by atoms with E-state index in [9.17, 15) is 9.90 Å². The minimum Gasteiger partial charge on any atom is -0.477 e. The normalized spacial score (nSPS) is 16.5. The molecule has 0 amide bonds. The van der Waals surface area contributed by atoms with Crippen LogP contribution in [0.15, 0.2) is 18.2 Å². The molecule has 0 aromatic carbocycles. The third-order valence-electron chi connectivity index (χ3n) is 3.87. The summed E-state index contributed by atoms with van der Waals surface area (Å²) in [7, 11) is 0. The smallest absolute Gasteiger partial charge is 0.354 e. The van der Waals surface area contributed by atoms with Crippen molar-refractivity contribution < 1.29 is 15.0 Å². The van der Waals surface area contributed by atoms with Gasteiger partial charge in [0.1, 0.15) is 5.69 Å². The lowest BCUT2D eigenvalue weighted by molar-refractivity contribution is 0.0689. The molecule has 20 heavy (non-hydrogen) atoms. The zero-order valence-electron chi connectivity index (χ0n) is 11.7. The van der Waals surface area contributed by atoms with E-state index >= 15 is 0 Å². The van der Waals surface area contributed by atoms with Crippen LogP contribution >= 0.6 is 0 Å².